The highest BCUT2D eigenvalue weighted by molar-refractivity contribution is 5.94. The molecule has 0 spiro atoms. The zero-order valence-corrected chi connectivity index (χ0v) is 13.8. The molecular formula is C18H26N2O3. The molecule has 23 heavy (non-hydrogen) atoms. The smallest absolute Gasteiger partial charge is 0.255 e. The van der Waals surface area contributed by atoms with E-state index in [4.69, 9.17) is 4.74 Å². The average Bonchev–Trinajstić information content (AvgIpc) is 3.43. The van der Waals surface area contributed by atoms with Gasteiger partial charge in [-0.25, -0.2) is 4.98 Å². The summed E-state index contributed by atoms with van der Waals surface area (Å²) in [4.78, 5) is 18.7. The summed E-state index contributed by atoms with van der Waals surface area (Å²) in [6.07, 6.45) is 8.02. The van der Waals surface area contributed by atoms with Gasteiger partial charge in [0, 0.05) is 32.0 Å². The number of amides is 1. The fourth-order valence-corrected chi connectivity index (χ4v) is 3.16. The number of ether oxygens (including phenoxy) is 1. The van der Waals surface area contributed by atoms with Gasteiger partial charge in [-0.05, 0) is 56.4 Å². The molecule has 3 rings (SSSR count). The van der Waals surface area contributed by atoms with E-state index >= 15 is 0 Å². The van der Waals surface area contributed by atoms with Crippen molar-refractivity contribution in [1.82, 2.24) is 9.88 Å². The number of aromatic nitrogens is 1. The summed E-state index contributed by atoms with van der Waals surface area (Å²) in [6.45, 7) is 0.991. The van der Waals surface area contributed by atoms with Crippen molar-refractivity contribution in [3.05, 3.63) is 23.9 Å². The van der Waals surface area contributed by atoms with E-state index in [1.807, 2.05) is 11.9 Å². The molecule has 126 valence electrons. The van der Waals surface area contributed by atoms with E-state index in [9.17, 15) is 9.90 Å². The number of rotatable bonds is 6. The molecule has 0 radical (unpaired) electrons. The molecule has 5 heteroatoms. The molecular weight excluding hydrogens is 292 g/mol. The minimum absolute atomic E-state index is 0.0127. The van der Waals surface area contributed by atoms with Gasteiger partial charge in [0.2, 0.25) is 5.88 Å². The van der Waals surface area contributed by atoms with E-state index in [0.29, 0.717) is 23.3 Å². The molecule has 0 atom stereocenters. The first-order valence-corrected chi connectivity index (χ1v) is 8.64. The summed E-state index contributed by atoms with van der Waals surface area (Å²) < 4.78 is 5.61. The number of carbonyl (C=O) groups is 1. The maximum Gasteiger partial charge on any atom is 0.255 e. The molecule has 1 aromatic rings. The summed E-state index contributed by atoms with van der Waals surface area (Å²) >= 11 is 0. The van der Waals surface area contributed by atoms with Crippen LogP contribution in [0.15, 0.2) is 18.3 Å². The lowest BCUT2D eigenvalue weighted by Crippen LogP contribution is -2.39. The predicted molar refractivity (Wildman–Crippen MR) is 87.4 cm³/mol. The van der Waals surface area contributed by atoms with Gasteiger partial charge in [0.15, 0.2) is 0 Å². The summed E-state index contributed by atoms with van der Waals surface area (Å²) in [5, 5.41) is 9.21. The second kappa shape index (κ2) is 7.30. The van der Waals surface area contributed by atoms with Crippen LogP contribution in [0.3, 0.4) is 0 Å². The van der Waals surface area contributed by atoms with Gasteiger partial charge in [-0.3, -0.25) is 4.79 Å². The topological polar surface area (TPSA) is 62.7 Å². The molecule has 0 aromatic carbocycles. The van der Waals surface area contributed by atoms with Crippen LogP contribution in [-0.2, 0) is 0 Å². The van der Waals surface area contributed by atoms with Crippen molar-refractivity contribution >= 4 is 5.91 Å². The number of carbonyl (C=O) groups excluding carboxylic acids is 1. The number of aliphatic hydroxyl groups is 1. The number of aliphatic hydroxyl groups excluding tert-OH is 1. The Morgan fingerprint density at radius 2 is 1.91 bits per heavy atom. The van der Waals surface area contributed by atoms with Crippen LogP contribution in [-0.4, -0.2) is 47.2 Å². The van der Waals surface area contributed by atoms with Gasteiger partial charge in [0.1, 0.15) is 0 Å². The van der Waals surface area contributed by atoms with Gasteiger partial charge in [0.05, 0.1) is 12.2 Å². The Labute approximate surface area is 137 Å². The van der Waals surface area contributed by atoms with E-state index in [-0.39, 0.29) is 18.6 Å². The quantitative estimate of drug-likeness (QED) is 0.875. The average molecular weight is 318 g/mol. The molecule has 2 aliphatic carbocycles. The highest BCUT2D eigenvalue weighted by Gasteiger charge is 2.27. The molecule has 1 N–H and O–H groups in total. The summed E-state index contributed by atoms with van der Waals surface area (Å²) in [5.41, 5.74) is 0.607. The fraction of sp³-hybridized carbons (Fsp3) is 0.667. The highest BCUT2D eigenvalue weighted by Crippen LogP contribution is 2.29. The van der Waals surface area contributed by atoms with Crippen molar-refractivity contribution in [2.45, 2.75) is 44.6 Å². The minimum atomic E-state index is 0.0127. The van der Waals surface area contributed by atoms with Gasteiger partial charge in [-0.1, -0.05) is 0 Å². The molecule has 1 aromatic heterocycles. The molecule has 0 aliphatic heterocycles. The van der Waals surface area contributed by atoms with Crippen molar-refractivity contribution in [1.29, 1.82) is 0 Å². The van der Waals surface area contributed by atoms with Crippen LogP contribution < -0.4 is 4.74 Å². The number of hydrogen-bond acceptors (Lipinski definition) is 4. The number of hydrogen-bond donors (Lipinski definition) is 1. The van der Waals surface area contributed by atoms with Crippen molar-refractivity contribution < 1.29 is 14.6 Å². The van der Waals surface area contributed by atoms with Crippen LogP contribution in [0, 0.1) is 11.8 Å². The second-order valence-corrected chi connectivity index (χ2v) is 6.91. The van der Waals surface area contributed by atoms with Gasteiger partial charge in [0.25, 0.3) is 5.91 Å². The molecule has 1 amide bonds. The minimum Gasteiger partial charge on any atom is -0.477 e. The molecule has 0 bridgehead atoms. The number of pyridine rings is 1. The third-order valence-electron chi connectivity index (χ3n) is 5.09. The van der Waals surface area contributed by atoms with Crippen LogP contribution >= 0.6 is 0 Å². The molecule has 2 saturated carbocycles. The van der Waals surface area contributed by atoms with E-state index in [2.05, 4.69) is 4.98 Å². The third kappa shape index (κ3) is 4.22. The van der Waals surface area contributed by atoms with Gasteiger partial charge in [-0.15, -0.1) is 0 Å². The largest absolute Gasteiger partial charge is 0.477 e. The number of nitrogens with zero attached hydrogens (tertiary/aromatic N) is 2. The predicted octanol–water partition coefficient (Wildman–Crippen LogP) is 2.49. The zero-order chi connectivity index (χ0) is 16.2. The van der Waals surface area contributed by atoms with Crippen LogP contribution in [0.1, 0.15) is 48.9 Å². The summed E-state index contributed by atoms with van der Waals surface area (Å²) in [7, 11) is 1.86. The van der Waals surface area contributed by atoms with Crippen molar-refractivity contribution in [2.24, 2.45) is 11.8 Å². The maximum absolute atomic E-state index is 12.6. The van der Waals surface area contributed by atoms with Crippen molar-refractivity contribution in [3.8, 4) is 5.88 Å². The van der Waals surface area contributed by atoms with E-state index in [1.54, 1.807) is 18.3 Å². The van der Waals surface area contributed by atoms with Gasteiger partial charge in [-0.2, -0.15) is 0 Å². The standard InChI is InChI=1S/C18H26N2O3/c1-20(16-7-4-13(11-21)5-8-16)18(22)15-6-9-17(19-10-15)23-12-14-2-3-14/h6,9-10,13-14,16,21H,2-5,7-8,11-12H2,1H3. The summed E-state index contributed by atoms with van der Waals surface area (Å²) in [5.74, 6) is 1.70. The Balaban J connectivity index is 1.54. The molecule has 0 unspecified atom stereocenters. The highest BCUT2D eigenvalue weighted by atomic mass is 16.5. The molecule has 0 saturated heterocycles. The maximum atomic E-state index is 12.6. The Morgan fingerprint density at radius 1 is 1.22 bits per heavy atom. The van der Waals surface area contributed by atoms with Crippen LogP contribution in [0.4, 0.5) is 0 Å². The first-order valence-electron chi connectivity index (χ1n) is 8.64. The van der Waals surface area contributed by atoms with Crippen molar-refractivity contribution in [3.63, 3.8) is 0 Å². The van der Waals surface area contributed by atoms with Crippen LogP contribution in [0.2, 0.25) is 0 Å². The normalized spacial score (nSPS) is 24.3. The first kappa shape index (κ1) is 16.2. The van der Waals surface area contributed by atoms with Gasteiger partial charge < -0.3 is 14.7 Å². The Hall–Kier alpha value is -1.62. The Kier molecular flexibility index (Phi) is 5.16. The third-order valence-corrected chi connectivity index (χ3v) is 5.09. The molecule has 1 heterocycles. The Bertz CT molecular complexity index is 520. The Morgan fingerprint density at radius 3 is 2.48 bits per heavy atom. The SMILES string of the molecule is CN(C(=O)c1ccc(OCC2CC2)nc1)C1CCC(CO)CC1. The molecule has 2 fully saturated rings. The summed E-state index contributed by atoms with van der Waals surface area (Å²) in [6, 6.07) is 3.84. The van der Waals surface area contributed by atoms with Gasteiger partial charge >= 0.3 is 0 Å². The lowest BCUT2D eigenvalue weighted by atomic mass is 9.86. The molecule has 2 aliphatic rings. The lowest BCUT2D eigenvalue weighted by Gasteiger charge is -2.34. The van der Waals surface area contributed by atoms with E-state index in [1.165, 1.54) is 12.8 Å². The first-order chi connectivity index (χ1) is 11.2. The fourth-order valence-electron chi connectivity index (χ4n) is 3.16. The lowest BCUT2D eigenvalue weighted by molar-refractivity contribution is 0.0652. The van der Waals surface area contributed by atoms with Crippen molar-refractivity contribution in [2.75, 3.05) is 20.3 Å². The molecule has 5 nitrogen and oxygen atoms in total. The second-order valence-electron chi connectivity index (χ2n) is 6.91. The van der Waals surface area contributed by atoms with E-state index in [0.717, 1.165) is 32.3 Å². The van der Waals surface area contributed by atoms with Crippen LogP contribution in [0.5, 0.6) is 5.88 Å². The monoisotopic (exact) mass is 318 g/mol. The zero-order valence-electron chi connectivity index (χ0n) is 13.8. The van der Waals surface area contributed by atoms with Crippen LogP contribution in [0.25, 0.3) is 0 Å². The van der Waals surface area contributed by atoms with E-state index < -0.39 is 0 Å².